The van der Waals surface area contributed by atoms with Gasteiger partial charge in [-0.05, 0) is 47.0 Å². The normalized spacial score (nSPS) is 11.3. The van der Waals surface area contributed by atoms with Gasteiger partial charge in [-0.3, -0.25) is 4.98 Å². The van der Waals surface area contributed by atoms with Gasteiger partial charge in [-0.15, -0.1) is 11.3 Å². The maximum atomic E-state index is 11.8. The smallest absolute Gasteiger partial charge is 0.336 e. The van der Waals surface area contributed by atoms with Crippen molar-refractivity contribution in [2.45, 2.75) is 12.7 Å². The highest BCUT2D eigenvalue weighted by Crippen LogP contribution is 2.35. The fraction of sp³-hybridized carbons (Fsp3) is 0.0769. The largest absolute Gasteiger partial charge is 0.478 e. The van der Waals surface area contributed by atoms with Crippen molar-refractivity contribution in [2.75, 3.05) is 0 Å². The predicted octanol–water partition coefficient (Wildman–Crippen LogP) is 5.56. The van der Waals surface area contributed by atoms with E-state index < -0.39 is 12.1 Å². The van der Waals surface area contributed by atoms with Gasteiger partial charge in [-0.2, -0.15) is 10.5 Å². The van der Waals surface area contributed by atoms with E-state index in [1.807, 2.05) is 24.3 Å². The third-order valence-corrected chi connectivity index (χ3v) is 5.94. The van der Waals surface area contributed by atoms with E-state index in [1.165, 1.54) is 17.4 Å². The Labute approximate surface area is 194 Å². The number of carboxylic acid groups (broad SMARTS) is 1. The molecule has 1 heterocycles. The predicted molar refractivity (Wildman–Crippen MR) is 123 cm³/mol. The van der Waals surface area contributed by atoms with Crippen LogP contribution in [0, 0.1) is 22.7 Å². The molecule has 1 atom stereocenters. The minimum absolute atomic E-state index is 0.124. The molecule has 0 amide bonds. The fourth-order valence-corrected chi connectivity index (χ4v) is 4.20. The van der Waals surface area contributed by atoms with Crippen molar-refractivity contribution in [3.8, 4) is 23.3 Å². The SMILES string of the molecule is N#Cc1ccc(COC(c2ccc(C#N)c(-c3ccccc3C(=O)O)c2)c2cncs2)cc1. The van der Waals surface area contributed by atoms with E-state index in [4.69, 9.17) is 10.00 Å². The van der Waals surface area contributed by atoms with Crippen molar-refractivity contribution in [3.05, 3.63) is 111 Å². The first-order valence-corrected chi connectivity index (χ1v) is 10.8. The van der Waals surface area contributed by atoms with Crippen LogP contribution in [0.5, 0.6) is 0 Å². The van der Waals surface area contributed by atoms with E-state index in [-0.39, 0.29) is 5.56 Å². The van der Waals surface area contributed by atoms with Crippen molar-refractivity contribution in [3.63, 3.8) is 0 Å². The summed E-state index contributed by atoms with van der Waals surface area (Å²) in [5.41, 5.74) is 5.49. The molecule has 0 spiro atoms. The first kappa shape index (κ1) is 21.9. The summed E-state index contributed by atoms with van der Waals surface area (Å²) in [6.45, 7) is 0.301. The molecular formula is C26H17N3O3S. The van der Waals surface area contributed by atoms with Gasteiger partial charge in [0.25, 0.3) is 0 Å². The lowest BCUT2D eigenvalue weighted by Crippen LogP contribution is -2.07. The molecule has 0 fully saturated rings. The van der Waals surface area contributed by atoms with Crippen LogP contribution in [0.1, 0.15) is 43.6 Å². The lowest BCUT2D eigenvalue weighted by molar-refractivity contribution is 0.0689. The topological polar surface area (TPSA) is 107 Å². The highest BCUT2D eigenvalue weighted by molar-refractivity contribution is 7.09. The van der Waals surface area contributed by atoms with E-state index in [2.05, 4.69) is 17.1 Å². The molecule has 0 aliphatic carbocycles. The molecule has 0 aliphatic rings. The summed E-state index contributed by atoms with van der Waals surface area (Å²) in [5.74, 6) is -1.06. The second kappa shape index (κ2) is 9.88. The molecule has 33 heavy (non-hydrogen) atoms. The van der Waals surface area contributed by atoms with Gasteiger partial charge in [0.1, 0.15) is 6.10 Å². The van der Waals surface area contributed by atoms with E-state index in [1.54, 1.807) is 48.1 Å². The van der Waals surface area contributed by atoms with Gasteiger partial charge in [0, 0.05) is 11.8 Å². The van der Waals surface area contributed by atoms with Crippen molar-refractivity contribution in [1.82, 2.24) is 4.98 Å². The Balaban J connectivity index is 1.74. The zero-order valence-electron chi connectivity index (χ0n) is 17.3. The van der Waals surface area contributed by atoms with Crippen LogP contribution in [0.2, 0.25) is 0 Å². The molecule has 4 aromatic rings. The van der Waals surface area contributed by atoms with Crippen molar-refractivity contribution in [1.29, 1.82) is 10.5 Å². The summed E-state index contributed by atoms with van der Waals surface area (Å²) < 4.78 is 6.26. The lowest BCUT2D eigenvalue weighted by Gasteiger charge is -2.19. The number of nitriles is 2. The minimum Gasteiger partial charge on any atom is -0.478 e. The molecule has 7 heteroatoms. The van der Waals surface area contributed by atoms with Crippen LogP contribution in [0.3, 0.4) is 0 Å². The number of thiazole rings is 1. The van der Waals surface area contributed by atoms with Crippen LogP contribution in [-0.2, 0) is 11.3 Å². The van der Waals surface area contributed by atoms with Gasteiger partial charge in [0.2, 0.25) is 0 Å². The first-order valence-electron chi connectivity index (χ1n) is 9.96. The van der Waals surface area contributed by atoms with E-state index in [9.17, 15) is 15.2 Å². The lowest BCUT2D eigenvalue weighted by atomic mass is 9.92. The molecule has 1 unspecified atom stereocenters. The second-order valence-corrected chi connectivity index (χ2v) is 8.09. The van der Waals surface area contributed by atoms with Crippen molar-refractivity contribution in [2.24, 2.45) is 0 Å². The van der Waals surface area contributed by atoms with Gasteiger partial charge >= 0.3 is 5.97 Å². The number of hydrogen-bond donors (Lipinski definition) is 1. The number of ether oxygens (including phenoxy) is 1. The summed E-state index contributed by atoms with van der Waals surface area (Å²) in [7, 11) is 0. The molecular weight excluding hydrogens is 434 g/mol. The van der Waals surface area contributed by atoms with Crippen LogP contribution in [0.25, 0.3) is 11.1 Å². The molecule has 3 aromatic carbocycles. The van der Waals surface area contributed by atoms with Crippen LogP contribution >= 0.6 is 11.3 Å². The minimum atomic E-state index is -1.06. The molecule has 0 saturated heterocycles. The number of nitrogens with zero attached hydrogens (tertiary/aromatic N) is 3. The fourth-order valence-electron chi connectivity index (χ4n) is 3.50. The number of hydrogen-bond acceptors (Lipinski definition) is 6. The number of carboxylic acids is 1. The summed E-state index contributed by atoms with van der Waals surface area (Å²) in [4.78, 5) is 16.8. The Morgan fingerprint density at radius 3 is 2.48 bits per heavy atom. The number of aromatic nitrogens is 1. The van der Waals surface area contributed by atoms with Crippen molar-refractivity contribution < 1.29 is 14.6 Å². The Kier molecular flexibility index (Phi) is 6.56. The summed E-state index contributed by atoms with van der Waals surface area (Å²) in [6.07, 6.45) is 1.27. The van der Waals surface area contributed by atoms with Gasteiger partial charge in [0.15, 0.2) is 0 Å². The van der Waals surface area contributed by atoms with E-state index >= 15 is 0 Å². The van der Waals surface area contributed by atoms with Gasteiger partial charge in [-0.25, -0.2) is 4.79 Å². The van der Waals surface area contributed by atoms with E-state index in [0.29, 0.717) is 28.9 Å². The number of carbonyl (C=O) groups is 1. The average molecular weight is 452 g/mol. The highest BCUT2D eigenvalue weighted by atomic mass is 32.1. The summed E-state index contributed by atoms with van der Waals surface area (Å²) >= 11 is 1.45. The molecule has 1 N–H and O–H groups in total. The second-order valence-electron chi connectivity index (χ2n) is 7.17. The number of aromatic carboxylic acids is 1. The Morgan fingerprint density at radius 2 is 1.82 bits per heavy atom. The molecule has 0 saturated carbocycles. The Hall–Kier alpha value is -4.30. The molecule has 0 radical (unpaired) electrons. The first-order chi connectivity index (χ1) is 16.1. The maximum Gasteiger partial charge on any atom is 0.336 e. The third-order valence-electron chi connectivity index (χ3n) is 5.12. The van der Waals surface area contributed by atoms with Crippen molar-refractivity contribution >= 4 is 17.3 Å². The van der Waals surface area contributed by atoms with Gasteiger partial charge in [-0.1, -0.05) is 36.4 Å². The average Bonchev–Trinajstić information content (AvgIpc) is 3.39. The van der Waals surface area contributed by atoms with Crippen LogP contribution in [0.4, 0.5) is 0 Å². The van der Waals surface area contributed by atoms with Gasteiger partial charge < -0.3 is 9.84 Å². The van der Waals surface area contributed by atoms with Gasteiger partial charge in [0.05, 0.1) is 45.8 Å². The molecule has 1 aromatic heterocycles. The van der Waals surface area contributed by atoms with Crippen LogP contribution in [-0.4, -0.2) is 16.1 Å². The Morgan fingerprint density at radius 1 is 1.03 bits per heavy atom. The standard InChI is InChI=1S/C26H17N3O3S/c27-12-17-5-7-18(8-6-17)15-32-25(24-14-29-16-33-24)19-9-10-20(13-28)23(11-19)21-3-1-2-4-22(21)26(30)31/h1-11,14,16,25H,15H2,(H,30,31). The Bertz CT molecular complexity index is 1370. The van der Waals surface area contributed by atoms with Crippen LogP contribution < -0.4 is 0 Å². The maximum absolute atomic E-state index is 11.8. The molecule has 160 valence electrons. The molecule has 4 rings (SSSR count). The highest BCUT2D eigenvalue weighted by Gasteiger charge is 2.21. The monoisotopic (exact) mass is 451 g/mol. The number of rotatable bonds is 7. The zero-order chi connectivity index (χ0) is 23.2. The molecule has 0 aliphatic heterocycles. The zero-order valence-corrected chi connectivity index (χ0v) is 18.1. The molecule has 6 nitrogen and oxygen atoms in total. The van der Waals surface area contributed by atoms with E-state index in [0.717, 1.165) is 16.0 Å². The quantitative estimate of drug-likeness (QED) is 0.394. The summed E-state index contributed by atoms with van der Waals surface area (Å²) in [6, 6.07) is 23.3. The summed E-state index contributed by atoms with van der Waals surface area (Å²) in [5, 5.41) is 28.3. The van der Waals surface area contributed by atoms with Crippen LogP contribution in [0.15, 0.2) is 78.4 Å². The number of benzene rings is 3. The third kappa shape index (κ3) is 4.81. The molecule has 0 bridgehead atoms.